The van der Waals surface area contributed by atoms with Gasteiger partial charge in [-0.2, -0.15) is 4.90 Å². The molecular weight excluding hydrogens is 428 g/mol. The fourth-order valence-corrected chi connectivity index (χ4v) is 3.32. The maximum atomic E-state index is 13.1. The van der Waals surface area contributed by atoms with Gasteiger partial charge in [0.2, 0.25) is 0 Å². The van der Waals surface area contributed by atoms with Crippen LogP contribution in [0.25, 0.3) is 10.9 Å². The van der Waals surface area contributed by atoms with Gasteiger partial charge in [-0.1, -0.05) is 0 Å². The van der Waals surface area contributed by atoms with Gasteiger partial charge in [-0.05, 0) is 65.3 Å². The van der Waals surface area contributed by atoms with Crippen molar-refractivity contribution in [1.82, 2.24) is 9.47 Å². The molecule has 1 heterocycles. The molecule has 9 nitrogen and oxygen atoms in total. The van der Waals surface area contributed by atoms with Gasteiger partial charge in [-0.3, -0.25) is 0 Å². The number of imide groups is 1. The van der Waals surface area contributed by atoms with Crippen molar-refractivity contribution in [2.45, 2.75) is 65.2 Å². The second-order valence-electron chi connectivity index (χ2n) is 9.72. The first-order chi connectivity index (χ1) is 15.2. The lowest BCUT2D eigenvalue weighted by Crippen LogP contribution is -2.53. The second kappa shape index (κ2) is 9.72. The molecule has 0 radical (unpaired) electrons. The van der Waals surface area contributed by atoms with E-state index in [2.05, 4.69) is 0 Å². The van der Waals surface area contributed by atoms with Crippen molar-refractivity contribution in [2.75, 3.05) is 14.2 Å². The topological polar surface area (TPSA) is 96.3 Å². The zero-order valence-corrected chi connectivity index (χ0v) is 20.8. The van der Waals surface area contributed by atoms with Crippen LogP contribution in [0, 0.1) is 0 Å². The van der Waals surface area contributed by atoms with Crippen LogP contribution in [0.2, 0.25) is 0 Å². The zero-order valence-electron chi connectivity index (χ0n) is 20.8. The Balaban J connectivity index is 2.57. The van der Waals surface area contributed by atoms with E-state index in [-0.39, 0.29) is 6.42 Å². The van der Waals surface area contributed by atoms with Gasteiger partial charge in [0.05, 0.1) is 14.2 Å². The summed E-state index contributed by atoms with van der Waals surface area (Å²) in [6.45, 7) is 10.0. The van der Waals surface area contributed by atoms with Crippen LogP contribution < -0.4 is 4.74 Å². The minimum absolute atomic E-state index is 0.00430. The number of aryl methyl sites for hydroxylation is 1. The van der Waals surface area contributed by atoms with Crippen molar-refractivity contribution in [1.29, 1.82) is 0 Å². The molecule has 2 aromatic rings. The average Bonchev–Trinajstić information content (AvgIpc) is 2.98. The van der Waals surface area contributed by atoms with Crippen molar-refractivity contribution in [3.8, 4) is 5.75 Å². The molecule has 1 aromatic carbocycles. The van der Waals surface area contributed by atoms with Gasteiger partial charge in [0.15, 0.2) is 0 Å². The molecular formula is C24H34N2O7. The number of carbonyl (C=O) groups is 3. The monoisotopic (exact) mass is 462 g/mol. The highest BCUT2D eigenvalue weighted by molar-refractivity contribution is 5.95. The lowest BCUT2D eigenvalue weighted by Gasteiger charge is -2.32. The van der Waals surface area contributed by atoms with Crippen LogP contribution in [0.15, 0.2) is 24.4 Å². The summed E-state index contributed by atoms with van der Waals surface area (Å²) in [7, 11) is 4.63. The number of rotatable bonds is 5. The van der Waals surface area contributed by atoms with E-state index in [1.165, 1.54) is 7.11 Å². The van der Waals surface area contributed by atoms with Crippen LogP contribution in [0.5, 0.6) is 5.75 Å². The quantitative estimate of drug-likeness (QED) is 0.479. The molecule has 0 aliphatic rings. The fourth-order valence-electron chi connectivity index (χ4n) is 3.32. The summed E-state index contributed by atoms with van der Waals surface area (Å²) in [5.74, 6) is -0.132. The summed E-state index contributed by atoms with van der Waals surface area (Å²) < 4.78 is 23.1. The minimum Gasteiger partial charge on any atom is -0.497 e. The Labute approximate surface area is 194 Å². The summed E-state index contributed by atoms with van der Waals surface area (Å²) in [6, 6.07) is 4.25. The first-order valence-electron chi connectivity index (χ1n) is 10.6. The van der Waals surface area contributed by atoms with Crippen LogP contribution in [-0.4, -0.2) is 59.1 Å². The van der Waals surface area contributed by atoms with Gasteiger partial charge >= 0.3 is 18.2 Å². The second-order valence-corrected chi connectivity index (χ2v) is 9.72. The summed E-state index contributed by atoms with van der Waals surface area (Å²) in [5, 5.41) is 0.819. The molecule has 0 fully saturated rings. The maximum Gasteiger partial charge on any atom is 0.420 e. The van der Waals surface area contributed by atoms with Crippen LogP contribution in [0.3, 0.4) is 0 Å². The van der Waals surface area contributed by atoms with E-state index in [0.717, 1.165) is 16.5 Å². The maximum absolute atomic E-state index is 13.1. The van der Waals surface area contributed by atoms with Crippen LogP contribution >= 0.6 is 0 Å². The molecule has 1 atom stereocenters. The first kappa shape index (κ1) is 26.0. The van der Waals surface area contributed by atoms with E-state index >= 15 is 0 Å². The Kier molecular flexibility index (Phi) is 7.67. The van der Waals surface area contributed by atoms with E-state index in [1.54, 1.807) is 48.7 Å². The molecule has 33 heavy (non-hydrogen) atoms. The van der Waals surface area contributed by atoms with E-state index in [1.807, 2.05) is 36.0 Å². The summed E-state index contributed by atoms with van der Waals surface area (Å²) in [6.07, 6.45) is -0.159. The molecule has 0 unspecified atom stereocenters. The van der Waals surface area contributed by atoms with Crippen molar-refractivity contribution in [3.63, 3.8) is 0 Å². The highest BCUT2D eigenvalue weighted by Crippen LogP contribution is 2.28. The van der Waals surface area contributed by atoms with Crippen LogP contribution in [0.4, 0.5) is 9.59 Å². The molecule has 9 heteroatoms. The molecule has 0 aliphatic carbocycles. The van der Waals surface area contributed by atoms with Gasteiger partial charge in [-0.25, -0.2) is 14.4 Å². The van der Waals surface area contributed by atoms with Crippen molar-refractivity contribution >= 4 is 29.1 Å². The van der Waals surface area contributed by atoms with E-state index < -0.39 is 35.4 Å². The molecule has 0 saturated carbocycles. The lowest BCUT2D eigenvalue weighted by molar-refractivity contribution is -0.146. The normalized spacial score (nSPS) is 12.8. The molecule has 2 rings (SSSR count). The summed E-state index contributed by atoms with van der Waals surface area (Å²) in [4.78, 5) is 39.7. The van der Waals surface area contributed by atoms with Gasteiger partial charge < -0.3 is 23.5 Å². The molecule has 1 aromatic heterocycles. The molecule has 2 amide bonds. The lowest BCUT2D eigenvalue weighted by atomic mass is 10.0. The molecule has 0 bridgehead atoms. The van der Waals surface area contributed by atoms with Gasteiger partial charge in [0.1, 0.15) is 23.0 Å². The van der Waals surface area contributed by atoms with E-state index in [9.17, 15) is 14.4 Å². The average molecular weight is 463 g/mol. The number of amides is 2. The smallest absolute Gasteiger partial charge is 0.420 e. The Morgan fingerprint density at radius 2 is 1.52 bits per heavy atom. The van der Waals surface area contributed by atoms with Gasteiger partial charge in [0, 0.05) is 30.6 Å². The Morgan fingerprint density at radius 1 is 0.970 bits per heavy atom. The predicted molar refractivity (Wildman–Crippen MR) is 123 cm³/mol. The number of benzene rings is 1. The largest absolute Gasteiger partial charge is 0.497 e. The van der Waals surface area contributed by atoms with E-state index in [4.69, 9.17) is 18.9 Å². The molecule has 0 N–H and O–H groups in total. The molecule has 182 valence electrons. The van der Waals surface area contributed by atoms with Crippen LogP contribution in [-0.2, 0) is 32.5 Å². The predicted octanol–water partition coefficient (Wildman–Crippen LogP) is 4.44. The van der Waals surface area contributed by atoms with Gasteiger partial charge in [0.25, 0.3) is 0 Å². The Bertz CT molecular complexity index is 1000. The highest BCUT2D eigenvalue weighted by Gasteiger charge is 2.41. The molecule has 0 saturated heterocycles. The highest BCUT2D eigenvalue weighted by atomic mass is 16.6. The number of carbonyl (C=O) groups excluding carboxylic acids is 3. The Hall–Kier alpha value is -3.23. The third-order valence-electron chi connectivity index (χ3n) is 4.66. The number of hydrogen-bond donors (Lipinski definition) is 0. The van der Waals surface area contributed by atoms with Crippen molar-refractivity contribution in [3.05, 3.63) is 30.0 Å². The summed E-state index contributed by atoms with van der Waals surface area (Å²) >= 11 is 0. The molecule has 0 aliphatic heterocycles. The Morgan fingerprint density at radius 3 is 1.97 bits per heavy atom. The van der Waals surface area contributed by atoms with E-state index in [0.29, 0.717) is 10.6 Å². The van der Waals surface area contributed by atoms with Crippen LogP contribution in [0.1, 0.15) is 47.1 Å². The number of aromatic nitrogens is 1. The zero-order chi connectivity index (χ0) is 25.1. The number of hydrogen-bond acceptors (Lipinski definition) is 7. The number of ether oxygens (including phenoxy) is 4. The van der Waals surface area contributed by atoms with Crippen molar-refractivity contribution in [2.24, 2.45) is 7.05 Å². The third-order valence-corrected chi connectivity index (χ3v) is 4.66. The molecule has 0 spiro atoms. The number of nitrogens with zero attached hydrogens (tertiary/aromatic N) is 2. The third kappa shape index (κ3) is 6.63. The summed E-state index contributed by atoms with van der Waals surface area (Å²) in [5.41, 5.74) is -0.176. The van der Waals surface area contributed by atoms with Crippen molar-refractivity contribution < 1.29 is 33.3 Å². The van der Waals surface area contributed by atoms with Gasteiger partial charge in [-0.15, -0.1) is 0 Å². The number of esters is 1. The number of fused-ring (bicyclic) bond motifs is 1. The minimum atomic E-state index is -1.31. The first-order valence-corrected chi connectivity index (χ1v) is 10.6. The SMILES string of the molecule is COC(=O)[C@H](Cc1cn(C)c2ccc(OC)cc12)N(C(=O)OC(C)(C)C)C(=O)OC(C)(C)C. The number of methoxy groups -OCH3 is 2. The fraction of sp³-hybridized carbons (Fsp3) is 0.542. The standard InChI is InChI=1S/C24H34N2O7/c1-23(2,3)32-21(28)26(22(29)33-24(4,5)6)19(20(27)31-9)12-15-14-25(7)18-11-10-16(30-8)13-17(15)18/h10-11,13-14,19H,12H2,1-9H3/t19-/m0/s1.